The zero-order valence-corrected chi connectivity index (χ0v) is 25.1. The normalized spacial score (nSPS) is 28.9. The lowest BCUT2D eigenvalue weighted by Gasteiger charge is -2.38. The average molecular weight is 586 g/mol. The first-order valence-electron chi connectivity index (χ1n) is 15.1. The van der Waals surface area contributed by atoms with Gasteiger partial charge in [-0.3, -0.25) is 14.4 Å². The molecule has 226 valence electrons. The molecule has 2 fully saturated rings. The van der Waals surface area contributed by atoms with Gasteiger partial charge in [0.05, 0.1) is 37.2 Å². The Morgan fingerprint density at radius 1 is 0.953 bits per heavy atom. The van der Waals surface area contributed by atoms with Crippen molar-refractivity contribution in [2.24, 2.45) is 11.8 Å². The largest absolute Gasteiger partial charge is 0.494 e. The fraction of sp³-hybridized carbons (Fsp3) is 0.441. The third kappa shape index (κ3) is 4.48. The van der Waals surface area contributed by atoms with Crippen LogP contribution in [0.3, 0.4) is 0 Å². The Kier molecular flexibility index (Phi) is 7.64. The highest BCUT2D eigenvalue weighted by atomic mass is 16.5. The minimum absolute atomic E-state index is 0.233. The molecule has 0 radical (unpaired) electrons. The van der Waals surface area contributed by atoms with Gasteiger partial charge in [0.1, 0.15) is 17.4 Å². The number of rotatable bonds is 7. The van der Waals surface area contributed by atoms with Crippen LogP contribution in [0.5, 0.6) is 5.75 Å². The summed E-state index contributed by atoms with van der Waals surface area (Å²) in [5.41, 5.74) is 2.02. The highest BCUT2D eigenvalue weighted by Gasteiger charge is 2.72. The number of para-hydroxylation sites is 1. The molecule has 9 nitrogen and oxygen atoms in total. The monoisotopic (exact) mass is 585 g/mol. The second kappa shape index (κ2) is 11.3. The first-order chi connectivity index (χ1) is 20.8. The van der Waals surface area contributed by atoms with Crippen molar-refractivity contribution in [3.8, 4) is 5.75 Å². The molecule has 2 saturated heterocycles. The third-order valence-corrected chi connectivity index (χ3v) is 9.34. The standard InChI is InChI=1S/C34H39N3O6/c1-5-23(20-38)37-30-33(41)36(29-21(3)10-7-11-22(29)4)19-9-17-34(30)28(32(37)40)27-26(43-34)12-8-18-35(31(27)39)24-13-15-25(16-14-24)42-6-2/h7-17,23,26-28,30,38H,5-6,18-20H2,1-4H3/t23-,26+,27-,28-,30?,34-/m0/s1. The lowest BCUT2D eigenvalue weighted by Crippen LogP contribution is -2.58. The first kappa shape index (κ1) is 29.1. The first-order valence-corrected chi connectivity index (χ1v) is 15.1. The number of nitrogens with zero attached hydrogens (tertiary/aromatic N) is 3. The van der Waals surface area contributed by atoms with E-state index in [-0.39, 0.29) is 24.3 Å². The molecule has 1 unspecified atom stereocenters. The number of ether oxygens (including phenoxy) is 2. The van der Waals surface area contributed by atoms with Crippen molar-refractivity contribution >= 4 is 29.1 Å². The zero-order chi connectivity index (χ0) is 30.5. The molecule has 2 aromatic carbocycles. The van der Waals surface area contributed by atoms with E-state index >= 15 is 0 Å². The molecule has 6 rings (SSSR count). The average Bonchev–Trinajstić information content (AvgIpc) is 3.31. The topological polar surface area (TPSA) is 99.6 Å². The van der Waals surface area contributed by atoms with E-state index < -0.39 is 35.6 Å². The maximum absolute atomic E-state index is 14.7. The summed E-state index contributed by atoms with van der Waals surface area (Å²) in [6.07, 6.45) is 7.24. The van der Waals surface area contributed by atoms with E-state index in [2.05, 4.69) is 0 Å². The summed E-state index contributed by atoms with van der Waals surface area (Å²) >= 11 is 0. The van der Waals surface area contributed by atoms with Gasteiger partial charge in [-0.2, -0.15) is 0 Å². The SMILES string of the molecule is CCOc1ccc(N2CC=C[C@H]3O[C@]45C=CCN(c6c(C)cccc6C)C(=O)C4N([C@@H](CC)CO)C(=O)[C@@H]5[C@H]3C2=O)cc1. The molecule has 2 aromatic rings. The maximum atomic E-state index is 14.7. The molecular formula is C34H39N3O6. The van der Waals surface area contributed by atoms with Crippen molar-refractivity contribution in [2.75, 3.05) is 36.1 Å². The second-order valence-corrected chi connectivity index (χ2v) is 11.7. The molecule has 4 aliphatic heterocycles. The summed E-state index contributed by atoms with van der Waals surface area (Å²) in [6, 6.07) is 11.6. The van der Waals surface area contributed by atoms with E-state index in [9.17, 15) is 19.5 Å². The van der Waals surface area contributed by atoms with Crippen LogP contribution in [0.15, 0.2) is 66.8 Å². The van der Waals surface area contributed by atoms with Gasteiger partial charge < -0.3 is 29.3 Å². The third-order valence-electron chi connectivity index (χ3n) is 9.34. The Morgan fingerprint density at radius 2 is 1.65 bits per heavy atom. The van der Waals surface area contributed by atoms with Crippen molar-refractivity contribution in [3.05, 3.63) is 77.9 Å². The molecular weight excluding hydrogens is 546 g/mol. The summed E-state index contributed by atoms with van der Waals surface area (Å²) in [5, 5.41) is 10.4. The fourth-order valence-electron chi connectivity index (χ4n) is 7.44. The van der Waals surface area contributed by atoms with Crippen LogP contribution in [-0.2, 0) is 19.1 Å². The number of benzene rings is 2. The molecule has 9 heteroatoms. The minimum Gasteiger partial charge on any atom is -0.494 e. The lowest BCUT2D eigenvalue weighted by molar-refractivity contribution is -0.144. The van der Waals surface area contributed by atoms with Crippen LogP contribution in [0.1, 0.15) is 31.4 Å². The number of aliphatic hydroxyl groups is 1. The van der Waals surface area contributed by atoms with Crippen LogP contribution in [-0.4, -0.2) is 77.8 Å². The molecule has 4 aliphatic rings. The molecule has 0 saturated carbocycles. The van der Waals surface area contributed by atoms with Crippen molar-refractivity contribution < 1.29 is 29.0 Å². The zero-order valence-electron chi connectivity index (χ0n) is 25.1. The summed E-state index contributed by atoms with van der Waals surface area (Å²) in [6.45, 7) is 8.58. The quantitative estimate of drug-likeness (QED) is 0.499. The van der Waals surface area contributed by atoms with E-state index in [0.717, 1.165) is 16.8 Å². The number of anilines is 2. The summed E-state index contributed by atoms with van der Waals surface area (Å²) in [7, 11) is 0. The number of fused-ring (bicyclic) bond motifs is 2. The van der Waals surface area contributed by atoms with Gasteiger partial charge >= 0.3 is 0 Å². The van der Waals surface area contributed by atoms with E-state index in [4.69, 9.17) is 9.47 Å². The number of hydrogen-bond acceptors (Lipinski definition) is 6. The van der Waals surface area contributed by atoms with Crippen LogP contribution < -0.4 is 14.5 Å². The van der Waals surface area contributed by atoms with Crippen LogP contribution in [0.4, 0.5) is 11.4 Å². The van der Waals surface area contributed by atoms with Crippen molar-refractivity contribution in [1.29, 1.82) is 0 Å². The van der Waals surface area contributed by atoms with Gasteiger partial charge in [-0.15, -0.1) is 0 Å². The van der Waals surface area contributed by atoms with Gasteiger partial charge in [0, 0.05) is 24.5 Å². The number of hydrogen-bond donors (Lipinski definition) is 1. The fourth-order valence-corrected chi connectivity index (χ4v) is 7.44. The number of aliphatic hydroxyl groups excluding tert-OH is 1. The van der Waals surface area contributed by atoms with Gasteiger partial charge in [-0.05, 0) is 62.6 Å². The van der Waals surface area contributed by atoms with E-state index in [1.54, 1.807) is 9.80 Å². The van der Waals surface area contributed by atoms with Crippen LogP contribution in [0, 0.1) is 25.7 Å². The Labute approximate surface area is 252 Å². The van der Waals surface area contributed by atoms with E-state index in [0.29, 0.717) is 37.6 Å². The molecule has 4 heterocycles. The maximum Gasteiger partial charge on any atom is 0.253 e. The number of carbonyl (C=O) groups is 3. The van der Waals surface area contributed by atoms with Gasteiger partial charge in [-0.1, -0.05) is 49.4 Å². The Bertz CT molecular complexity index is 1460. The Morgan fingerprint density at radius 3 is 2.30 bits per heavy atom. The molecule has 3 amide bonds. The number of carbonyl (C=O) groups excluding carboxylic acids is 3. The number of likely N-dealkylation sites (tertiary alicyclic amines) is 1. The van der Waals surface area contributed by atoms with Crippen LogP contribution in [0.2, 0.25) is 0 Å². The van der Waals surface area contributed by atoms with Gasteiger partial charge in [0.15, 0.2) is 0 Å². The molecule has 1 N–H and O–H groups in total. The molecule has 0 bridgehead atoms. The number of aryl methyl sites for hydroxylation is 2. The highest BCUT2D eigenvalue weighted by molar-refractivity contribution is 6.08. The molecule has 43 heavy (non-hydrogen) atoms. The summed E-state index contributed by atoms with van der Waals surface area (Å²) in [4.78, 5) is 48.5. The molecule has 6 atom stereocenters. The molecule has 0 aliphatic carbocycles. The Hall–Kier alpha value is -3.95. The number of amides is 3. The van der Waals surface area contributed by atoms with Gasteiger partial charge in [0.2, 0.25) is 11.8 Å². The smallest absolute Gasteiger partial charge is 0.253 e. The summed E-state index contributed by atoms with van der Waals surface area (Å²) < 4.78 is 12.3. The lowest BCUT2D eigenvalue weighted by atomic mass is 9.77. The predicted octanol–water partition coefficient (Wildman–Crippen LogP) is 3.56. The van der Waals surface area contributed by atoms with Crippen LogP contribution >= 0.6 is 0 Å². The summed E-state index contributed by atoms with van der Waals surface area (Å²) in [5.74, 6) is -1.91. The molecule has 0 aromatic heterocycles. The van der Waals surface area contributed by atoms with Crippen LogP contribution in [0.25, 0.3) is 0 Å². The van der Waals surface area contributed by atoms with Crippen molar-refractivity contribution in [2.45, 2.75) is 57.9 Å². The van der Waals surface area contributed by atoms with Gasteiger partial charge in [-0.25, -0.2) is 0 Å². The second-order valence-electron chi connectivity index (χ2n) is 11.7. The van der Waals surface area contributed by atoms with E-state index in [1.807, 2.05) is 94.5 Å². The van der Waals surface area contributed by atoms with Crippen molar-refractivity contribution in [1.82, 2.24) is 4.90 Å². The van der Waals surface area contributed by atoms with Gasteiger partial charge in [0.25, 0.3) is 5.91 Å². The van der Waals surface area contributed by atoms with Crippen molar-refractivity contribution in [3.63, 3.8) is 0 Å². The molecule has 1 spiro atoms. The Balaban J connectivity index is 1.44. The highest BCUT2D eigenvalue weighted by Crippen LogP contribution is 2.54. The predicted molar refractivity (Wildman–Crippen MR) is 163 cm³/mol. The minimum atomic E-state index is -1.36. The van der Waals surface area contributed by atoms with E-state index in [1.165, 1.54) is 4.90 Å².